The fourth-order valence-corrected chi connectivity index (χ4v) is 3.54. The van der Waals surface area contributed by atoms with E-state index in [4.69, 9.17) is 34.7 Å². The van der Waals surface area contributed by atoms with Crippen molar-refractivity contribution in [2.45, 2.75) is 25.4 Å². The molecule has 0 spiro atoms. The first kappa shape index (κ1) is 25.9. The third kappa shape index (κ3) is 8.95. The number of aliphatic carboxylic acids is 1. The zero-order valence-corrected chi connectivity index (χ0v) is 19.1. The summed E-state index contributed by atoms with van der Waals surface area (Å²) in [6.45, 7) is -0.150. The molecule has 12 heteroatoms. The Bertz CT molecular complexity index is 995. The summed E-state index contributed by atoms with van der Waals surface area (Å²) >= 11 is 12.1. The lowest BCUT2D eigenvalue weighted by molar-refractivity contribution is -0.142. The lowest BCUT2D eigenvalue weighted by Crippen LogP contribution is -2.46. The highest BCUT2D eigenvalue weighted by Crippen LogP contribution is 2.21. The maximum atomic E-state index is 13.0. The lowest BCUT2D eigenvalue weighted by Gasteiger charge is -2.24. The van der Waals surface area contributed by atoms with Crippen LogP contribution in [0.2, 0.25) is 10.0 Å². The molecule has 1 aromatic carbocycles. The Morgan fingerprint density at radius 2 is 1.88 bits per heavy atom. The summed E-state index contributed by atoms with van der Waals surface area (Å²) in [4.78, 5) is 46.2. The second kappa shape index (κ2) is 12.6. The van der Waals surface area contributed by atoms with Gasteiger partial charge in [0.05, 0.1) is 5.56 Å². The molecule has 0 aliphatic heterocycles. The largest absolute Gasteiger partial charge is 0.480 e. The highest BCUT2D eigenvalue weighted by Gasteiger charge is 2.24. The van der Waals surface area contributed by atoms with E-state index in [0.29, 0.717) is 22.0 Å². The average molecular weight is 495 g/mol. The molecule has 2 amide bonds. The highest BCUT2D eigenvalue weighted by atomic mass is 35.5. The van der Waals surface area contributed by atoms with Gasteiger partial charge < -0.3 is 26.8 Å². The number of rotatable bonds is 11. The molecular weight excluding hydrogens is 471 g/mol. The SMILES string of the molecule is NC(N)=NCCCC(NC(=O)CN(Cc1cc(Cl)cc(Cl)c1)C(=O)c1cccnc1)C(=O)O. The van der Waals surface area contributed by atoms with Crippen molar-refractivity contribution in [1.82, 2.24) is 15.2 Å². The van der Waals surface area contributed by atoms with Crippen LogP contribution in [0.3, 0.4) is 0 Å². The first-order valence-electron chi connectivity index (χ1n) is 9.87. The quantitative estimate of drug-likeness (QED) is 0.209. The smallest absolute Gasteiger partial charge is 0.326 e. The fraction of sp³-hybridized carbons (Fsp3) is 0.286. The number of nitrogens with zero attached hydrogens (tertiary/aromatic N) is 3. The molecule has 0 saturated carbocycles. The minimum atomic E-state index is -1.21. The molecule has 1 heterocycles. The van der Waals surface area contributed by atoms with Crippen molar-refractivity contribution in [3.8, 4) is 0 Å². The summed E-state index contributed by atoms with van der Waals surface area (Å²) in [5.74, 6) is -2.42. The number of halogens is 2. The van der Waals surface area contributed by atoms with Gasteiger partial charge in [-0.2, -0.15) is 0 Å². The summed E-state index contributed by atoms with van der Waals surface area (Å²) < 4.78 is 0. The Morgan fingerprint density at radius 3 is 2.45 bits per heavy atom. The van der Waals surface area contributed by atoms with Gasteiger partial charge in [-0.3, -0.25) is 19.6 Å². The van der Waals surface area contributed by atoms with Crippen LogP contribution in [0.1, 0.15) is 28.8 Å². The van der Waals surface area contributed by atoms with Gasteiger partial charge >= 0.3 is 5.97 Å². The number of carbonyl (C=O) groups excluding carboxylic acids is 2. The van der Waals surface area contributed by atoms with Gasteiger partial charge in [0.25, 0.3) is 5.91 Å². The summed E-state index contributed by atoms with van der Waals surface area (Å²) in [5.41, 5.74) is 11.4. The minimum Gasteiger partial charge on any atom is -0.480 e. The second-order valence-electron chi connectivity index (χ2n) is 7.09. The number of guanidine groups is 1. The number of aliphatic imine (C=N–C) groups is 1. The van der Waals surface area contributed by atoms with Crippen molar-refractivity contribution < 1.29 is 19.5 Å². The number of hydrogen-bond donors (Lipinski definition) is 4. The Hall–Kier alpha value is -3.37. The Labute approximate surface area is 200 Å². The molecule has 1 unspecified atom stereocenters. The number of hydrogen-bond acceptors (Lipinski definition) is 5. The minimum absolute atomic E-state index is 0.0175. The highest BCUT2D eigenvalue weighted by molar-refractivity contribution is 6.34. The van der Waals surface area contributed by atoms with Gasteiger partial charge in [0.1, 0.15) is 12.6 Å². The molecule has 176 valence electrons. The summed E-state index contributed by atoms with van der Waals surface area (Å²) in [6, 6.07) is 6.79. The topological polar surface area (TPSA) is 164 Å². The van der Waals surface area contributed by atoms with Gasteiger partial charge in [0, 0.05) is 35.5 Å². The van der Waals surface area contributed by atoms with E-state index >= 15 is 0 Å². The van der Waals surface area contributed by atoms with Crippen LogP contribution in [0.25, 0.3) is 0 Å². The van der Waals surface area contributed by atoms with Crippen LogP contribution in [-0.4, -0.2) is 57.9 Å². The molecule has 6 N–H and O–H groups in total. The van der Waals surface area contributed by atoms with E-state index in [2.05, 4.69) is 15.3 Å². The Morgan fingerprint density at radius 1 is 1.18 bits per heavy atom. The molecule has 0 radical (unpaired) electrons. The van der Waals surface area contributed by atoms with Crippen LogP contribution >= 0.6 is 23.2 Å². The lowest BCUT2D eigenvalue weighted by atomic mass is 10.1. The predicted octanol–water partition coefficient (Wildman–Crippen LogP) is 1.65. The van der Waals surface area contributed by atoms with Crippen molar-refractivity contribution in [2.75, 3.05) is 13.1 Å². The molecule has 1 atom stereocenters. The fourth-order valence-electron chi connectivity index (χ4n) is 2.97. The van der Waals surface area contributed by atoms with Gasteiger partial charge in [-0.15, -0.1) is 0 Å². The number of aromatic nitrogens is 1. The van der Waals surface area contributed by atoms with Crippen molar-refractivity contribution in [3.05, 3.63) is 63.9 Å². The number of nitrogens with one attached hydrogen (secondary N) is 1. The van der Waals surface area contributed by atoms with Gasteiger partial charge in [0.2, 0.25) is 5.91 Å². The van der Waals surface area contributed by atoms with E-state index < -0.39 is 30.4 Å². The number of carboxylic acid groups (broad SMARTS) is 1. The zero-order valence-electron chi connectivity index (χ0n) is 17.6. The number of nitrogens with two attached hydrogens (primary N) is 2. The molecule has 10 nitrogen and oxygen atoms in total. The third-order valence-corrected chi connectivity index (χ3v) is 4.84. The summed E-state index contributed by atoms with van der Waals surface area (Å²) in [6.07, 6.45) is 3.35. The van der Waals surface area contributed by atoms with E-state index in [-0.39, 0.29) is 31.0 Å². The second-order valence-corrected chi connectivity index (χ2v) is 7.96. The van der Waals surface area contributed by atoms with Gasteiger partial charge in [-0.05, 0) is 48.7 Å². The first-order chi connectivity index (χ1) is 15.7. The van der Waals surface area contributed by atoms with Crippen LogP contribution in [0, 0.1) is 0 Å². The molecule has 2 rings (SSSR count). The molecule has 0 bridgehead atoms. The maximum Gasteiger partial charge on any atom is 0.326 e. The van der Waals surface area contributed by atoms with Crippen LogP contribution < -0.4 is 16.8 Å². The van der Waals surface area contributed by atoms with Crippen molar-refractivity contribution in [2.24, 2.45) is 16.5 Å². The summed E-state index contributed by atoms with van der Waals surface area (Å²) in [5, 5.41) is 12.6. The predicted molar refractivity (Wildman–Crippen MR) is 125 cm³/mol. The molecule has 0 fully saturated rings. The number of pyridine rings is 1. The number of amides is 2. The van der Waals surface area contributed by atoms with Crippen LogP contribution in [0.5, 0.6) is 0 Å². The maximum absolute atomic E-state index is 13.0. The molecule has 0 aliphatic carbocycles. The average Bonchev–Trinajstić information content (AvgIpc) is 2.74. The molecular formula is C21H24Cl2N6O4. The van der Waals surface area contributed by atoms with Gasteiger partial charge in [0.15, 0.2) is 5.96 Å². The molecule has 1 aromatic heterocycles. The third-order valence-electron chi connectivity index (χ3n) is 4.40. The van der Waals surface area contributed by atoms with Crippen LogP contribution in [-0.2, 0) is 16.1 Å². The van der Waals surface area contributed by atoms with Crippen molar-refractivity contribution >= 4 is 46.9 Å². The Balaban J connectivity index is 2.14. The van der Waals surface area contributed by atoms with E-state index in [1.807, 2.05) is 0 Å². The van der Waals surface area contributed by atoms with E-state index in [9.17, 15) is 19.5 Å². The van der Waals surface area contributed by atoms with Gasteiger partial charge in [-0.25, -0.2) is 4.79 Å². The number of carboxylic acids is 1. The van der Waals surface area contributed by atoms with Crippen LogP contribution in [0.4, 0.5) is 0 Å². The van der Waals surface area contributed by atoms with E-state index in [1.165, 1.54) is 17.3 Å². The number of benzene rings is 1. The van der Waals surface area contributed by atoms with Crippen LogP contribution in [0.15, 0.2) is 47.7 Å². The van der Waals surface area contributed by atoms with E-state index in [0.717, 1.165) is 0 Å². The molecule has 2 aromatic rings. The molecule has 0 saturated heterocycles. The van der Waals surface area contributed by atoms with E-state index in [1.54, 1.807) is 30.3 Å². The Kier molecular flexibility index (Phi) is 9.89. The molecule has 33 heavy (non-hydrogen) atoms. The zero-order chi connectivity index (χ0) is 24.4. The molecule has 0 aliphatic rings. The standard InChI is InChI=1S/C21H24Cl2N6O4/c22-15-7-13(8-16(23)9-15)11-29(19(31)14-3-1-5-26-10-14)12-18(30)28-17(20(32)33)4-2-6-27-21(24)25/h1,3,5,7-10,17H,2,4,6,11-12H2,(H,28,30)(H,32,33)(H4,24,25,27). The number of carbonyl (C=O) groups is 3. The first-order valence-corrected chi connectivity index (χ1v) is 10.6. The summed E-state index contributed by atoms with van der Waals surface area (Å²) in [7, 11) is 0. The normalized spacial score (nSPS) is 11.3. The monoisotopic (exact) mass is 494 g/mol. The van der Waals surface area contributed by atoms with Crippen molar-refractivity contribution in [3.63, 3.8) is 0 Å². The van der Waals surface area contributed by atoms with Gasteiger partial charge in [-0.1, -0.05) is 23.2 Å². The van der Waals surface area contributed by atoms with Crippen molar-refractivity contribution in [1.29, 1.82) is 0 Å².